The predicted molar refractivity (Wildman–Crippen MR) is 68.9 cm³/mol. The number of aromatic nitrogens is 2. The fraction of sp³-hybridized carbons (Fsp3) is 0.667. The van der Waals surface area contributed by atoms with Gasteiger partial charge in [0.2, 0.25) is 0 Å². The third-order valence-corrected chi connectivity index (χ3v) is 3.97. The molecule has 0 amide bonds. The second kappa shape index (κ2) is 5.32. The molecule has 0 radical (unpaired) electrons. The van der Waals surface area contributed by atoms with Crippen LogP contribution in [0.5, 0.6) is 0 Å². The molecule has 0 aromatic carbocycles. The number of carboxylic acid groups (broad SMARTS) is 1. The number of ether oxygens (including phenoxy) is 1. The number of aliphatic carboxylic acids is 1. The zero-order valence-corrected chi connectivity index (χ0v) is 11.5. The summed E-state index contributed by atoms with van der Waals surface area (Å²) in [4.78, 5) is 15.0. The van der Waals surface area contributed by atoms with Gasteiger partial charge in [-0.2, -0.15) is 0 Å². The number of aryl methyl sites for hydroxylation is 1. The van der Waals surface area contributed by atoms with E-state index < -0.39 is 5.97 Å². The van der Waals surface area contributed by atoms with Gasteiger partial charge < -0.3 is 14.4 Å². The summed E-state index contributed by atoms with van der Waals surface area (Å²) in [5.41, 5.74) is 0.760. The van der Waals surface area contributed by atoms with Gasteiger partial charge in [0.05, 0.1) is 23.6 Å². The first-order valence-electron chi connectivity index (χ1n) is 6.01. The van der Waals surface area contributed by atoms with E-state index in [1.807, 2.05) is 17.7 Å². The summed E-state index contributed by atoms with van der Waals surface area (Å²) in [6, 6.07) is 0. The minimum atomic E-state index is -0.824. The summed E-state index contributed by atoms with van der Waals surface area (Å²) in [6.45, 7) is 5.55. The SMILES string of the molecule is Cc1cn(CC2(C)CCCO2)c(SCC(=O)O)n1. The van der Waals surface area contributed by atoms with Crippen molar-refractivity contribution in [3.63, 3.8) is 0 Å². The summed E-state index contributed by atoms with van der Waals surface area (Å²) in [7, 11) is 0. The van der Waals surface area contributed by atoms with E-state index in [0.717, 1.165) is 36.8 Å². The van der Waals surface area contributed by atoms with E-state index in [9.17, 15) is 4.79 Å². The minimum Gasteiger partial charge on any atom is -0.481 e. The van der Waals surface area contributed by atoms with Gasteiger partial charge in [0.1, 0.15) is 0 Å². The lowest BCUT2D eigenvalue weighted by atomic mass is 10.0. The van der Waals surface area contributed by atoms with Crippen molar-refractivity contribution in [3.8, 4) is 0 Å². The average molecular weight is 270 g/mol. The van der Waals surface area contributed by atoms with Gasteiger partial charge in [-0.3, -0.25) is 4.79 Å². The topological polar surface area (TPSA) is 64.3 Å². The highest BCUT2D eigenvalue weighted by Crippen LogP contribution is 2.29. The molecule has 0 spiro atoms. The molecule has 1 N–H and O–H groups in total. The Morgan fingerprint density at radius 3 is 3.11 bits per heavy atom. The summed E-state index contributed by atoms with van der Waals surface area (Å²) < 4.78 is 7.77. The van der Waals surface area contributed by atoms with Crippen LogP contribution < -0.4 is 0 Å². The molecule has 1 atom stereocenters. The van der Waals surface area contributed by atoms with Crippen molar-refractivity contribution in [1.82, 2.24) is 9.55 Å². The highest BCUT2D eigenvalue weighted by atomic mass is 32.2. The molecule has 1 aromatic heterocycles. The van der Waals surface area contributed by atoms with Crippen molar-refractivity contribution in [2.75, 3.05) is 12.4 Å². The number of carboxylic acids is 1. The summed E-state index contributed by atoms with van der Waals surface area (Å²) >= 11 is 1.25. The number of nitrogens with zero attached hydrogens (tertiary/aromatic N) is 2. The molecule has 0 saturated carbocycles. The highest BCUT2D eigenvalue weighted by molar-refractivity contribution is 7.99. The maximum atomic E-state index is 10.6. The molecule has 1 aliphatic heterocycles. The molecule has 18 heavy (non-hydrogen) atoms. The van der Waals surface area contributed by atoms with Gasteiger partial charge in [-0.15, -0.1) is 0 Å². The van der Waals surface area contributed by atoms with Crippen molar-refractivity contribution >= 4 is 17.7 Å². The van der Waals surface area contributed by atoms with E-state index in [4.69, 9.17) is 9.84 Å². The number of hydrogen-bond donors (Lipinski definition) is 1. The first kappa shape index (κ1) is 13.4. The second-order valence-electron chi connectivity index (χ2n) is 4.88. The first-order valence-corrected chi connectivity index (χ1v) is 6.99. The fourth-order valence-electron chi connectivity index (χ4n) is 2.20. The molecule has 0 bridgehead atoms. The van der Waals surface area contributed by atoms with Crippen LogP contribution in [-0.4, -0.2) is 38.6 Å². The van der Waals surface area contributed by atoms with Crippen molar-refractivity contribution in [1.29, 1.82) is 0 Å². The lowest BCUT2D eigenvalue weighted by Crippen LogP contribution is -2.29. The van der Waals surface area contributed by atoms with E-state index in [1.165, 1.54) is 11.8 Å². The van der Waals surface area contributed by atoms with Crippen molar-refractivity contribution < 1.29 is 14.6 Å². The smallest absolute Gasteiger partial charge is 0.313 e. The Bertz CT molecular complexity index is 439. The lowest BCUT2D eigenvalue weighted by molar-refractivity contribution is -0.133. The Hall–Kier alpha value is -1.01. The quantitative estimate of drug-likeness (QED) is 0.828. The zero-order chi connectivity index (χ0) is 13.2. The highest BCUT2D eigenvalue weighted by Gasteiger charge is 2.31. The minimum absolute atomic E-state index is 0.0357. The van der Waals surface area contributed by atoms with E-state index in [2.05, 4.69) is 11.9 Å². The van der Waals surface area contributed by atoms with Crippen LogP contribution in [0.15, 0.2) is 11.4 Å². The first-order chi connectivity index (χ1) is 8.48. The number of thioether (sulfide) groups is 1. The lowest BCUT2D eigenvalue weighted by Gasteiger charge is -2.24. The standard InChI is InChI=1S/C12H18N2O3S/c1-9-6-14(8-12(2)4-3-5-17-12)11(13-9)18-7-10(15)16/h6H,3-5,7-8H2,1-2H3,(H,15,16). The molecule has 0 aliphatic carbocycles. The Balaban J connectivity index is 2.09. The van der Waals surface area contributed by atoms with Crippen LogP contribution in [0.3, 0.4) is 0 Å². The molecular weight excluding hydrogens is 252 g/mol. The van der Waals surface area contributed by atoms with Gasteiger partial charge >= 0.3 is 5.97 Å². The number of hydrogen-bond acceptors (Lipinski definition) is 4. The number of imidazole rings is 1. The molecule has 1 unspecified atom stereocenters. The number of carbonyl (C=O) groups is 1. The van der Waals surface area contributed by atoms with Gasteiger partial charge in [0, 0.05) is 12.8 Å². The molecule has 1 fully saturated rings. The van der Waals surface area contributed by atoms with E-state index in [0.29, 0.717) is 0 Å². The molecule has 6 heteroatoms. The van der Waals surface area contributed by atoms with Crippen molar-refractivity contribution in [2.45, 2.75) is 44.0 Å². The van der Waals surface area contributed by atoms with Gasteiger partial charge in [-0.1, -0.05) is 11.8 Å². The Labute approximate surface area is 111 Å². The largest absolute Gasteiger partial charge is 0.481 e. The normalized spacial score (nSPS) is 23.4. The van der Waals surface area contributed by atoms with E-state index >= 15 is 0 Å². The van der Waals surface area contributed by atoms with E-state index in [-0.39, 0.29) is 11.4 Å². The number of rotatable bonds is 5. The van der Waals surface area contributed by atoms with Crippen LogP contribution in [0.1, 0.15) is 25.5 Å². The monoisotopic (exact) mass is 270 g/mol. The third kappa shape index (κ3) is 3.26. The van der Waals surface area contributed by atoms with Gasteiger partial charge in [-0.05, 0) is 26.7 Å². The molecule has 2 heterocycles. The third-order valence-electron chi connectivity index (χ3n) is 2.99. The maximum Gasteiger partial charge on any atom is 0.313 e. The Morgan fingerprint density at radius 2 is 2.50 bits per heavy atom. The maximum absolute atomic E-state index is 10.6. The van der Waals surface area contributed by atoms with Crippen LogP contribution in [-0.2, 0) is 16.1 Å². The second-order valence-corrected chi connectivity index (χ2v) is 5.82. The Kier molecular flexibility index (Phi) is 3.97. The summed E-state index contributed by atoms with van der Waals surface area (Å²) in [6.07, 6.45) is 4.08. The summed E-state index contributed by atoms with van der Waals surface area (Å²) in [5, 5.41) is 9.48. The van der Waals surface area contributed by atoms with Crippen molar-refractivity contribution in [3.05, 3.63) is 11.9 Å². The molecule has 100 valence electrons. The Morgan fingerprint density at radius 1 is 1.72 bits per heavy atom. The molecular formula is C12H18N2O3S. The molecule has 5 nitrogen and oxygen atoms in total. The summed E-state index contributed by atoms with van der Waals surface area (Å²) in [5.74, 6) is -0.788. The van der Waals surface area contributed by atoms with Crippen LogP contribution in [0.2, 0.25) is 0 Å². The molecule has 1 saturated heterocycles. The van der Waals surface area contributed by atoms with Crippen LogP contribution >= 0.6 is 11.8 Å². The van der Waals surface area contributed by atoms with Crippen LogP contribution in [0.25, 0.3) is 0 Å². The van der Waals surface area contributed by atoms with Crippen LogP contribution in [0.4, 0.5) is 0 Å². The van der Waals surface area contributed by atoms with Crippen LogP contribution in [0, 0.1) is 6.92 Å². The molecule has 1 aromatic rings. The van der Waals surface area contributed by atoms with Gasteiger partial charge in [0.25, 0.3) is 0 Å². The van der Waals surface area contributed by atoms with Gasteiger partial charge in [0.15, 0.2) is 5.16 Å². The predicted octanol–water partition coefficient (Wildman–Crippen LogP) is 1.94. The zero-order valence-electron chi connectivity index (χ0n) is 10.7. The molecule has 1 aliphatic rings. The average Bonchev–Trinajstić information content (AvgIpc) is 2.83. The van der Waals surface area contributed by atoms with Crippen molar-refractivity contribution in [2.24, 2.45) is 0 Å². The fourth-order valence-corrected chi connectivity index (χ4v) is 2.95. The van der Waals surface area contributed by atoms with E-state index in [1.54, 1.807) is 0 Å². The van der Waals surface area contributed by atoms with Gasteiger partial charge in [-0.25, -0.2) is 4.98 Å². The molecule has 2 rings (SSSR count).